The maximum atomic E-state index is 10.5. The molecule has 0 aromatic carbocycles. The summed E-state index contributed by atoms with van der Waals surface area (Å²) < 4.78 is 0. The number of nitrogens with two attached hydrogens (primary N) is 1. The maximum absolute atomic E-state index is 10.5. The normalized spacial score (nSPS) is 31.1. The molecule has 1 aliphatic rings. The van der Waals surface area contributed by atoms with Crippen molar-refractivity contribution in [2.45, 2.75) is 25.3 Å². The lowest BCUT2D eigenvalue weighted by atomic mass is 9.92. The average molecular weight is 189 g/mol. The largest absolute Gasteiger partial charge is 0.481 e. The predicted octanol–water partition coefficient (Wildman–Crippen LogP) is 0.932. The first-order valence-corrected chi connectivity index (χ1v) is 5.40. The van der Waals surface area contributed by atoms with Crippen LogP contribution in [0.3, 0.4) is 0 Å². The van der Waals surface area contributed by atoms with Gasteiger partial charge in [0.2, 0.25) is 0 Å². The van der Waals surface area contributed by atoms with Gasteiger partial charge in [-0.05, 0) is 30.3 Å². The van der Waals surface area contributed by atoms with Crippen molar-refractivity contribution in [2.75, 3.05) is 11.5 Å². The second-order valence-corrected chi connectivity index (χ2v) is 4.44. The summed E-state index contributed by atoms with van der Waals surface area (Å²) in [7, 11) is 0. The summed E-state index contributed by atoms with van der Waals surface area (Å²) in [4.78, 5) is 10.5. The molecule has 3 nitrogen and oxygen atoms in total. The molecule has 4 heteroatoms. The summed E-state index contributed by atoms with van der Waals surface area (Å²) in [6.07, 6.45) is 2.16. The molecule has 0 aromatic rings. The number of carboxylic acid groups (broad SMARTS) is 1. The third-order valence-corrected chi connectivity index (χ3v) is 3.32. The van der Waals surface area contributed by atoms with Gasteiger partial charge in [0, 0.05) is 12.5 Å². The third kappa shape index (κ3) is 3.03. The van der Waals surface area contributed by atoms with Crippen molar-refractivity contribution >= 4 is 17.7 Å². The van der Waals surface area contributed by atoms with Gasteiger partial charge >= 0.3 is 5.97 Å². The van der Waals surface area contributed by atoms with E-state index >= 15 is 0 Å². The van der Waals surface area contributed by atoms with E-state index in [0.717, 1.165) is 24.3 Å². The Bertz CT molecular complexity index is 163. The highest BCUT2D eigenvalue weighted by atomic mass is 32.2. The van der Waals surface area contributed by atoms with Crippen LogP contribution in [-0.4, -0.2) is 28.6 Å². The Balaban J connectivity index is 2.41. The molecule has 0 unspecified atom stereocenters. The van der Waals surface area contributed by atoms with Crippen LogP contribution in [-0.2, 0) is 4.79 Å². The summed E-state index contributed by atoms with van der Waals surface area (Å²) in [6.45, 7) is 0. The van der Waals surface area contributed by atoms with E-state index in [1.165, 1.54) is 0 Å². The zero-order valence-electron chi connectivity index (χ0n) is 7.03. The minimum Gasteiger partial charge on any atom is -0.481 e. The lowest BCUT2D eigenvalue weighted by molar-refractivity contribution is -0.138. The molecule has 0 amide bonds. The molecular weight excluding hydrogens is 174 g/mol. The molecule has 1 fully saturated rings. The molecule has 3 N–H and O–H groups in total. The fourth-order valence-electron chi connectivity index (χ4n) is 1.48. The van der Waals surface area contributed by atoms with Crippen molar-refractivity contribution in [3.63, 3.8) is 0 Å². The monoisotopic (exact) mass is 189 g/mol. The lowest BCUT2D eigenvalue weighted by Crippen LogP contribution is -2.31. The Kier molecular flexibility index (Phi) is 3.88. The van der Waals surface area contributed by atoms with Gasteiger partial charge in [0.05, 0.1) is 0 Å². The zero-order chi connectivity index (χ0) is 8.97. The first-order chi connectivity index (χ1) is 5.70. The van der Waals surface area contributed by atoms with Crippen LogP contribution >= 0.6 is 11.8 Å². The van der Waals surface area contributed by atoms with Crippen LogP contribution in [0.4, 0.5) is 0 Å². The summed E-state index contributed by atoms with van der Waals surface area (Å²) in [5.74, 6) is 1.61. The Morgan fingerprint density at radius 1 is 1.50 bits per heavy atom. The van der Waals surface area contributed by atoms with Crippen LogP contribution in [0.5, 0.6) is 0 Å². The maximum Gasteiger partial charge on any atom is 0.303 e. The van der Waals surface area contributed by atoms with Crippen molar-refractivity contribution in [3.8, 4) is 0 Å². The standard InChI is InChI=1S/C8H15NO2S/c9-7-2-4-12-3-1-6(7)5-8(10)11/h6-7H,1-5,9H2,(H,10,11)/t6-,7+/m1/s1. The van der Waals surface area contributed by atoms with E-state index in [-0.39, 0.29) is 18.4 Å². The van der Waals surface area contributed by atoms with Crippen molar-refractivity contribution in [3.05, 3.63) is 0 Å². The molecule has 70 valence electrons. The van der Waals surface area contributed by atoms with Gasteiger partial charge in [0.1, 0.15) is 0 Å². The lowest BCUT2D eigenvalue weighted by Gasteiger charge is -2.18. The Hall–Kier alpha value is -0.220. The second-order valence-electron chi connectivity index (χ2n) is 3.21. The van der Waals surface area contributed by atoms with E-state index in [4.69, 9.17) is 10.8 Å². The van der Waals surface area contributed by atoms with Crippen molar-refractivity contribution in [1.29, 1.82) is 0 Å². The Morgan fingerprint density at radius 3 is 2.83 bits per heavy atom. The van der Waals surface area contributed by atoms with E-state index < -0.39 is 5.97 Å². The van der Waals surface area contributed by atoms with Gasteiger partial charge < -0.3 is 10.8 Å². The molecule has 0 spiro atoms. The van der Waals surface area contributed by atoms with Crippen LogP contribution in [0.15, 0.2) is 0 Å². The number of rotatable bonds is 2. The topological polar surface area (TPSA) is 63.3 Å². The van der Waals surface area contributed by atoms with Gasteiger partial charge in [-0.2, -0.15) is 11.8 Å². The Labute approximate surface area is 76.7 Å². The van der Waals surface area contributed by atoms with Crippen molar-refractivity contribution in [1.82, 2.24) is 0 Å². The molecule has 2 atom stereocenters. The molecule has 0 aliphatic carbocycles. The first-order valence-electron chi connectivity index (χ1n) is 4.25. The van der Waals surface area contributed by atoms with Crippen LogP contribution in [0.2, 0.25) is 0 Å². The van der Waals surface area contributed by atoms with E-state index in [0.29, 0.717) is 0 Å². The number of aliphatic carboxylic acids is 1. The minimum atomic E-state index is -0.720. The molecule has 0 radical (unpaired) electrons. The fourth-order valence-corrected chi connectivity index (χ4v) is 2.60. The van der Waals surface area contributed by atoms with Crippen LogP contribution in [0.1, 0.15) is 19.3 Å². The molecule has 1 aliphatic heterocycles. The highest BCUT2D eigenvalue weighted by Crippen LogP contribution is 2.23. The second kappa shape index (κ2) is 4.72. The highest BCUT2D eigenvalue weighted by Gasteiger charge is 2.22. The molecule has 1 heterocycles. The van der Waals surface area contributed by atoms with Crippen LogP contribution in [0.25, 0.3) is 0 Å². The molecule has 0 saturated carbocycles. The first kappa shape index (κ1) is 9.86. The zero-order valence-corrected chi connectivity index (χ0v) is 7.85. The number of carboxylic acids is 1. The summed E-state index contributed by atoms with van der Waals surface area (Å²) in [6, 6.07) is 0.0936. The summed E-state index contributed by atoms with van der Waals surface area (Å²) >= 11 is 1.88. The van der Waals surface area contributed by atoms with Crippen LogP contribution < -0.4 is 5.73 Å². The smallest absolute Gasteiger partial charge is 0.303 e. The van der Waals surface area contributed by atoms with Crippen molar-refractivity contribution < 1.29 is 9.90 Å². The molecule has 0 bridgehead atoms. The summed E-state index contributed by atoms with van der Waals surface area (Å²) in [5.41, 5.74) is 5.85. The van der Waals surface area contributed by atoms with Crippen LogP contribution in [0, 0.1) is 5.92 Å². The number of hydrogen-bond donors (Lipinski definition) is 2. The van der Waals surface area contributed by atoms with Gasteiger partial charge in [0.15, 0.2) is 0 Å². The molecule has 12 heavy (non-hydrogen) atoms. The quantitative estimate of drug-likeness (QED) is 0.678. The van der Waals surface area contributed by atoms with Gasteiger partial charge in [-0.1, -0.05) is 0 Å². The molecule has 1 rings (SSSR count). The third-order valence-electron chi connectivity index (χ3n) is 2.27. The average Bonchev–Trinajstić information content (AvgIpc) is 2.16. The van der Waals surface area contributed by atoms with E-state index in [2.05, 4.69) is 0 Å². The molecule has 1 saturated heterocycles. The predicted molar refractivity (Wildman–Crippen MR) is 50.3 cm³/mol. The van der Waals surface area contributed by atoms with E-state index in [1.54, 1.807) is 0 Å². The highest BCUT2D eigenvalue weighted by molar-refractivity contribution is 7.99. The number of hydrogen-bond acceptors (Lipinski definition) is 3. The molecular formula is C8H15NO2S. The van der Waals surface area contributed by atoms with E-state index in [1.807, 2.05) is 11.8 Å². The minimum absolute atomic E-state index is 0.0936. The Morgan fingerprint density at radius 2 is 2.17 bits per heavy atom. The van der Waals surface area contributed by atoms with Gasteiger partial charge in [-0.25, -0.2) is 0 Å². The molecule has 0 aromatic heterocycles. The summed E-state index contributed by atoms with van der Waals surface area (Å²) in [5, 5.41) is 8.61. The van der Waals surface area contributed by atoms with Gasteiger partial charge in [-0.15, -0.1) is 0 Å². The van der Waals surface area contributed by atoms with Crippen molar-refractivity contribution in [2.24, 2.45) is 11.7 Å². The fraction of sp³-hybridized carbons (Fsp3) is 0.875. The van der Waals surface area contributed by atoms with E-state index in [9.17, 15) is 4.79 Å². The SMILES string of the molecule is N[C@H]1CCSCC[C@@H]1CC(=O)O. The number of thioether (sulfide) groups is 1. The van der Waals surface area contributed by atoms with Gasteiger partial charge in [-0.3, -0.25) is 4.79 Å². The number of carbonyl (C=O) groups is 1. The van der Waals surface area contributed by atoms with Gasteiger partial charge in [0.25, 0.3) is 0 Å².